The summed E-state index contributed by atoms with van der Waals surface area (Å²) in [5.41, 5.74) is 4.46. The van der Waals surface area contributed by atoms with Crippen molar-refractivity contribution < 1.29 is 24.2 Å². The lowest BCUT2D eigenvalue weighted by Gasteiger charge is -2.25. The Hall–Kier alpha value is -3.56. The molecule has 2 heterocycles. The highest BCUT2D eigenvalue weighted by Gasteiger charge is 2.25. The zero-order chi connectivity index (χ0) is 26.2. The quantitative estimate of drug-likeness (QED) is 0.338. The van der Waals surface area contributed by atoms with Crippen LogP contribution in [0.1, 0.15) is 24.0 Å². The Balaban J connectivity index is 1.55. The predicted molar refractivity (Wildman–Crippen MR) is 145 cm³/mol. The summed E-state index contributed by atoms with van der Waals surface area (Å²) in [4.78, 5) is 29.0. The van der Waals surface area contributed by atoms with Crippen molar-refractivity contribution in [1.82, 2.24) is 10.3 Å². The van der Waals surface area contributed by atoms with Gasteiger partial charge in [-0.2, -0.15) is 11.8 Å². The number of aryl methyl sites for hydroxylation is 1. The highest BCUT2D eigenvalue weighted by atomic mass is 32.2. The Labute approximate surface area is 220 Å². The predicted octanol–water partition coefficient (Wildman–Crippen LogP) is 4.52. The Morgan fingerprint density at radius 1 is 1.16 bits per heavy atom. The van der Waals surface area contributed by atoms with E-state index in [0.717, 1.165) is 28.0 Å². The van der Waals surface area contributed by atoms with Gasteiger partial charge in [-0.05, 0) is 60.2 Å². The lowest BCUT2D eigenvalue weighted by Crippen LogP contribution is -2.36. The van der Waals surface area contributed by atoms with Crippen LogP contribution in [0.15, 0.2) is 60.8 Å². The van der Waals surface area contributed by atoms with Crippen LogP contribution in [0, 0.1) is 6.92 Å². The van der Waals surface area contributed by atoms with Gasteiger partial charge in [0.25, 0.3) is 5.88 Å². The summed E-state index contributed by atoms with van der Waals surface area (Å²) in [6.07, 6.45) is 3.79. The van der Waals surface area contributed by atoms with E-state index >= 15 is 0 Å². The lowest BCUT2D eigenvalue weighted by molar-refractivity contribution is -0.139. The molecule has 0 aliphatic carbocycles. The second kappa shape index (κ2) is 12.6. The summed E-state index contributed by atoms with van der Waals surface area (Å²) in [7, 11) is 0. The van der Waals surface area contributed by atoms with Crippen molar-refractivity contribution >= 4 is 29.3 Å². The molecule has 2 atom stereocenters. The zero-order valence-electron chi connectivity index (χ0n) is 20.9. The van der Waals surface area contributed by atoms with Gasteiger partial charge >= 0.3 is 5.97 Å². The summed E-state index contributed by atoms with van der Waals surface area (Å²) in [5.74, 6) is 0.623. The summed E-state index contributed by atoms with van der Waals surface area (Å²) in [5, 5.41) is 15.9. The Bertz CT molecular complexity index is 1250. The van der Waals surface area contributed by atoms with Crippen LogP contribution in [-0.2, 0) is 16.1 Å². The first-order chi connectivity index (χ1) is 18.0. The minimum absolute atomic E-state index is 0.111. The normalized spacial score (nSPS) is 15.1. The van der Waals surface area contributed by atoms with Gasteiger partial charge in [-0.25, -0.2) is 4.98 Å². The van der Waals surface area contributed by atoms with Gasteiger partial charge in [0, 0.05) is 24.0 Å². The number of aromatic nitrogens is 1. The van der Waals surface area contributed by atoms with Gasteiger partial charge in [0.05, 0.1) is 6.42 Å². The zero-order valence-corrected chi connectivity index (χ0v) is 21.7. The van der Waals surface area contributed by atoms with Crippen molar-refractivity contribution in [3.8, 4) is 22.8 Å². The van der Waals surface area contributed by atoms with Gasteiger partial charge in [-0.1, -0.05) is 36.4 Å². The minimum atomic E-state index is -0.873. The van der Waals surface area contributed by atoms with Crippen LogP contribution in [0.5, 0.6) is 11.6 Å². The molecule has 0 saturated heterocycles. The molecule has 2 aromatic carbocycles. The fraction of sp³-hybridized carbons (Fsp3) is 0.321. The Morgan fingerprint density at radius 2 is 2.00 bits per heavy atom. The number of benzene rings is 2. The van der Waals surface area contributed by atoms with Gasteiger partial charge in [-0.15, -0.1) is 0 Å². The maximum absolute atomic E-state index is 13.1. The van der Waals surface area contributed by atoms with Crippen molar-refractivity contribution in [3.63, 3.8) is 0 Å². The van der Waals surface area contributed by atoms with E-state index in [2.05, 4.69) is 15.6 Å². The van der Waals surface area contributed by atoms with E-state index in [0.29, 0.717) is 30.3 Å². The number of amides is 1. The number of carboxylic acid groups (broad SMARTS) is 1. The molecule has 3 aromatic rings. The first-order valence-electron chi connectivity index (χ1n) is 12.1. The number of pyridine rings is 1. The molecule has 1 aromatic heterocycles. The number of hydrogen-bond donors (Lipinski definition) is 3. The third-order valence-electron chi connectivity index (χ3n) is 6.14. The van der Waals surface area contributed by atoms with E-state index in [1.807, 2.05) is 55.6 Å². The fourth-order valence-electron chi connectivity index (χ4n) is 4.27. The summed E-state index contributed by atoms with van der Waals surface area (Å²) in [6.45, 7) is 2.60. The molecule has 8 nitrogen and oxygen atoms in total. The van der Waals surface area contributed by atoms with Gasteiger partial charge in [0.2, 0.25) is 5.91 Å². The standard InChI is InChI=1S/C28H31N3O5S/c1-18-7-3-4-9-21(18)26-19(16-30-23(28(33)34)12-14-37-2)8-5-10-22(26)31-25(32)15-20-17-35-27-24(36-20)11-6-13-29-27/h3-11,13,20,23,30H,12,14-17H2,1-2H3,(H,31,32)(H,33,34)/t20-,23-/m0/s1. The smallest absolute Gasteiger partial charge is 0.320 e. The number of carbonyl (C=O) groups is 2. The SMILES string of the molecule is CSCC[C@H](NCc1cccc(NC(=O)C[C@H]2COc3ncccc3O2)c1-c1ccccc1C)C(=O)O. The molecule has 194 valence electrons. The van der Waals surface area contributed by atoms with Crippen molar-refractivity contribution in [2.45, 2.75) is 38.5 Å². The third kappa shape index (κ3) is 6.81. The van der Waals surface area contributed by atoms with E-state index < -0.39 is 18.1 Å². The first-order valence-corrected chi connectivity index (χ1v) is 13.5. The summed E-state index contributed by atoms with van der Waals surface area (Å²) in [6, 6.07) is 16.5. The molecule has 1 aliphatic rings. The molecule has 37 heavy (non-hydrogen) atoms. The van der Waals surface area contributed by atoms with Crippen LogP contribution in [0.25, 0.3) is 11.1 Å². The highest BCUT2D eigenvalue weighted by molar-refractivity contribution is 7.98. The average molecular weight is 522 g/mol. The van der Waals surface area contributed by atoms with Crippen LogP contribution in [-0.4, -0.2) is 52.7 Å². The molecule has 1 aliphatic heterocycles. The van der Waals surface area contributed by atoms with Crippen molar-refractivity contribution in [1.29, 1.82) is 0 Å². The number of ether oxygens (including phenoxy) is 2. The number of nitrogens with one attached hydrogen (secondary N) is 2. The van der Waals surface area contributed by atoms with Gasteiger partial charge in [0.1, 0.15) is 18.8 Å². The average Bonchev–Trinajstić information content (AvgIpc) is 2.89. The maximum atomic E-state index is 13.1. The second-order valence-corrected chi connectivity index (χ2v) is 9.80. The molecular weight excluding hydrogens is 490 g/mol. The van der Waals surface area contributed by atoms with Gasteiger partial charge in [-0.3, -0.25) is 9.59 Å². The lowest BCUT2D eigenvalue weighted by atomic mass is 9.93. The third-order valence-corrected chi connectivity index (χ3v) is 6.78. The maximum Gasteiger partial charge on any atom is 0.320 e. The van der Waals surface area contributed by atoms with Crippen LogP contribution >= 0.6 is 11.8 Å². The Kier molecular flexibility index (Phi) is 9.03. The van der Waals surface area contributed by atoms with Crippen molar-refractivity contribution in [3.05, 3.63) is 71.9 Å². The van der Waals surface area contributed by atoms with Crippen LogP contribution in [0.2, 0.25) is 0 Å². The van der Waals surface area contributed by atoms with Gasteiger partial charge in [0.15, 0.2) is 5.75 Å². The molecule has 0 saturated carbocycles. The monoisotopic (exact) mass is 521 g/mol. The Morgan fingerprint density at radius 3 is 2.78 bits per heavy atom. The molecule has 0 radical (unpaired) electrons. The van der Waals surface area contributed by atoms with Crippen molar-refractivity contribution in [2.75, 3.05) is 23.9 Å². The van der Waals surface area contributed by atoms with E-state index in [4.69, 9.17) is 9.47 Å². The molecule has 0 unspecified atom stereocenters. The molecule has 0 fully saturated rings. The molecule has 0 spiro atoms. The number of rotatable bonds is 11. The molecular formula is C28H31N3O5S. The fourth-order valence-corrected chi connectivity index (χ4v) is 4.74. The number of carbonyl (C=O) groups excluding carboxylic acids is 1. The van der Waals surface area contributed by atoms with Crippen molar-refractivity contribution in [2.24, 2.45) is 0 Å². The van der Waals surface area contributed by atoms with E-state index in [9.17, 15) is 14.7 Å². The summed E-state index contributed by atoms with van der Waals surface area (Å²) < 4.78 is 11.5. The number of nitrogens with zero attached hydrogens (tertiary/aromatic N) is 1. The molecule has 9 heteroatoms. The second-order valence-electron chi connectivity index (χ2n) is 8.82. The number of aliphatic carboxylic acids is 1. The van der Waals surface area contributed by atoms with Gasteiger partial charge < -0.3 is 25.2 Å². The first kappa shape index (κ1) is 26.5. The summed E-state index contributed by atoms with van der Waals surface area (Å²) >= 11 is 1.62. The number of carboxylic acids is 1. The van der Waals surface area contributed by atoms with E-state index in [-0.39, 0.29) is 18.9 Å². The van der Waals surface area contributed by atoms with E-state index in [1.165, 1.54) is 0 Å². The molecule has 1 amide bonds. The highest BCUT2D eigenvalue weighted by Crippen LogP contribution is 2.35. The molecule has 3 N–H and O–H groups in total. The van der Waals surface area contributed by atoms with Crippen LogP contribution in [0.3, 0.4) is 0 Å². The number of anilines is 1. The largest absolute Gasteiger partial charge is 0.481 e. The molecule has 0 bridgehead atoms. The van der Waals surface area contributed by atoms with Crippen LogP contribution < -0.4 is 20.1 Å². The topological polar surface area (TPSA) is 110 Å². The number of fused-ring (bicyclic) bond motifs is 1. The number of thioether (sulfide) groups is 1. The number of hydrogen-bond acceptors (Lipinski definition) is 7. The molecule has 4 rings (SSSR count). The minimum Gasteiger partial charge on any atom is -0.481 e. The van der Waals surface area contributed by atoms with E-state index in [1.54, 1.807) is 30.1 Å². The van der Waals surface area contributed by atoms with Crippen LogP contribution in [0.4, 0.5) is 5.69 Å².